The molecule has 27 heavy (non-hydrogen) atoms. The highest BCUT2D eigenvalue weighted by Gasteiger charge is 2.07. The number of carbonyl (C=O) groups is 1. The van der Waals surface area contributed by atoms with Crippen molar-refractivity contribution in [2.24, 2.45) is 17.8 Å². The van der Waals surface area contributed by atoms with Crippen LogP contribution in [0.5, 0.6) is 0 Å². The molecule has 160 valence electrons. The van der Waals surface area contributed by atoms with Crippen LogP contribution in [0.1, 0.15) is 131 Å². The van der Waals surface area contributed by atoms with E-state index in [2.05, 4.69) is 47.6 Å². The third kappa shape index (κ3) is 18.5. The molecule has 0 aliphatic rings. The van der Waals surface area contributed by atoms with Crippen molar-refractivity contribution < 1.29 is 4.79 Å². The predicted octanol–water partition coefficient (Wildman–Crippen LogP) is 8.91. The Morgan fingerprint density at radius 2 is 1.30 bits per heavy atom. The summed E-state index contributed by atoms with van der Waals surface area (Å²) in [4.78, 5) is 11.7. The molecule has 0 rings (SSSR count). The van der Waals surface area contributed by atoms with E-state index in [1.165, 1.54) is 63.4 Å². The number of ketones is 1. The molecule has 2 atom stereocenters. The Morgan fingerprint density at radius 3 is 1.85 bits per heavy atom. The molecule has 1 nitrogen and oxygen atoms in total. The second-order valence-corrected chi connectivity index (χ2v) is 9.59. The Morgan fingerprint density at radius 1 is 0.741 bits per heavy atom. The van der Waals surface area contributed by atoms with Gasteiger partial charge in [0, 0.05) is 12.8 Å². The molecule has 0 heterocycles. The van der Waals surface area contributed by atoms with Gasteiger partial charge in [0.1, 0.15) is 5.78 Å². The highest BCUT2D eigenvalue weighted by molar-refractivity contribution is 5.78. The lowest BCUT2D eigenvalue weighted by Gasteiger charge is -2.15. The minimum Gasteiger partial charge on any atom is -0.300 e. The molecule has 0 N–H and O–H groups in total. The zero-order chi connectivity index (χ0) is 20.5. The van der Waals surface area contributed by atoms with Crippen molar-refractivity contribution in [2.45, 2.75) is 131 Å². The first-order valence-corrected chi connectivity index (χ1v) is 12.0. The molecule has 0 radical (unpaired) electrons. The van der Waals surface area contributed by atoms with Crippen LogP contribution in [0.4, 0.5) is 0 Å². The van der Waals surface area contributed by atoms with E-state index in [1.807, 2.05) is 0 Å². The van der Waals surface area contributed by atoms with E-state index >= 15 is 0 Å². The number of rotatable bonds is 18. The second kappa shape index (κ2) is 17.5. The van der Waals surface area contributed by atoms with Crippen molar-refractivity contribution >= 4 is 5.78 Å². The molecule has 0 aliphatic carbocycles. The van der Waals surface area contributed by atoms with Crippen molar-refractivity contribution in [3.63, 3.8) is 0 Å². The number of hydrogen-bond donors (Lipinski definition) is 0. The van der Waals surface area contributed by atoms with Gasteiger partial charge in [-0.15, -0.1) is 0 Å². The molecular formula is C26H50O. The van der Waals surface area contributed by atoms with E-state index in [0.717, 1.165) is 49.9 Å². The lowest BCUT2D eigenvalue weighted by Crippen LogP contribution is -2.00. The lowest BCUT2D eigenvalue weighted by atomic mass is 9.91. The van der Waals surface area contributed by atoms with Crippen LogP contribution >= 0.6 is 0 Å². The molecule has 0 aromatic carbocycles. The van der Waals surface area contributed by atoms with Crippen LogP contribution in [-0.4, -0.2) is 5.78 Å². The summed E-state index contributed by atoms with van der Waals surface area (Å²) in [7, 11) is 0. The molecule has 0 fully saturated rings. The van der Waals surface area contributed by atoms with Crippen molar-refractivity contribution in [2.75, 3.05) is 0 Å². The maximum Gasteiger partial charge on any atom is 0.133 e. The van der Waals surface area contributed by atoms with E-state index in [0.29, 0.717) is 5.78 Å². The zero-order valence-electron chi connectivity index (χ0n) is 19.6. The molecule has 0 saturated heterocycles. The van der Waals surface area contributed by atoms with Crippen LogP contribution < -0.4 is 0 Å². The fourth-order valence-electron chi connectivity index (χ4n) is 3.79. The van der Waals surface area contributed by atoms with Gasteiger partial charge < -0.3 is 0 Å². The van der Waals surface area contributed by atoms with Crippen LogP contribution in [0.2, 0.25) is 0 Å². The van der Waals surface area contributed by atoms with Gasteiger partial charge in [-0.05, 0) is 50.4 Å². The van der Waals surface area contributed by atoms with Crippen LogP contribution in [0.3, 0.4) is 0 Å². The molecule has 0 spiro atoms. The Balaban J connectivity index is 3.67. The average molecular weight is 379 g/mol. The smallest absolute Gasteiger partial charge is 0.133 e. The standard InChI is InChI=1S/C26H50O/c1-7-8-20-26(27)21-12-19-25(6)18-11-17-24(5)16-10-15-23(4)14-9-13-22(2)3/h19,22-24H,7-18,20-21H2,1-6H3/b25-19+. The first kappa shape index (κ1) is 26.4. The summed E-state index contributed by atoms with van der Waals surface area (Å²) < 4.78 is 0. The summed E-state index contributed by atoms with van der Waals surface area (Å²) in [6.07, 6.45) is 19.2. The fourth-order valence-corrected chi connectivity index (χ4v) is 3.79. The Kier molecular flexibility index (Phi) is 17.1. The molecule has 0 aromatic rings. The highest BCUT2D eigenvalue weighted by Crippen LogP contribution is 2.22. The van der Waals surface area contributed by atoms with Gasteiger partial charge in [-0.2, -0.15) is 0 Å². The van der Waals surface area contributed by atoms with Gasteiger partial charge in [0.2, 0.25) is 0 Å². The number of carbonyl (C=O) groups excluding carboxylic acids is 1. The van der Waals surface area contributed by atoms with Gasteiger partial charge in [0.15, 0.2) is 0 Å². The quantitative estimate of drug-likeness (QED) is 0.217. The van der Waals surface area contributed by atoms with Crippen molar-refractivity contribution in [1.29, 1.82) is 0 Å². The molecular weight excluding hydrogens is 328 g/mol. The van der Waals surface area contributed by atoms with Gasteiger partial charge in [-0.25, -0.2) is 0 Å². The number of unbranched alkanes of at least 4 members (excludes halogenated alkanes) is 1. The van der Waals surface area contributed by atoms with Crippen LogP contribution in [-0.2, 0) is 4.79 Å². The normalized spacial score (nSPS) is 14.6. The van der Waals surface area contributed by atoms with E-state index < -0.39 is 0 Å². The molecule has 0 aromatic heterocycles. The fraction of sp³-hybridized carbons (Fsp3) is 0.885. The molecule has 0 amide bonds. The summed E-state index contributed by atoms with van der Waals surface area (Å²) >= 11 is 0. The number of hydrogen-bond acceptors (Lipinski definition) is 1. The number of Topliss-reactive ketones (excluding diaryl/α,β-unsaturated/α-hetero) is 1. The predicted molar refractivity (Wildman–Crippen MR) is 122 cm³/mol. The Hall–Kier alpha value is -0.590. The van der Waals surface area contributed by atoms with E-state index in [9.17, 15) is 4.79 Å². The summed E-state index contributed by atoms with van der Waals surface area (Å²) in [5, 5.41) is 0. The van der Waals surface area contributed by atoms with E-state index in [4.69, 9.17) is 0 Å². The average Bonchev–Trinajstić information content (AvgIpc) is 2.59. The van der Waals surface area contributed by atoms with Gasteiger partial charge in [-0.1, -0.05) is 97.6 Å². The van der Waals surface area contributed by atoms with Gasteiger partial charge in [0.05, 0.1) is 0 Å². The van der Waals surface area contributed by atoms with Crippen molar-refractivity contribution in [3.05, 3.63) is 11.6 Å². The van der Waals surface area contributed by atoms with Crippen LogP contribution in [0.25, 0.3) is 0 Å². The van der Waals surface area contributed by atoms with Crippen molar-refractivity contribution in [3.8, 4) is 0 Å². The van der Waals surface area contributed by atoms with Crippen LogP contribution in [0.15, 0.2) is 11.6 Å². The summed E-state index contributed by atoms with van der Waals surface area (Å²) in [5.74, 6) is 3.06. The molecule has 2 unspecified atom stereocenters. The van der Waals surface area contributed by atoms with Crippen LogP contribution in [0, 0.1) is 17.8 Å². The maximum atomic E-state index is 11.7. The Labute approximate surface area is 171 Å². The molecule has 0 saturated carbocycles. The molecule has 1 heteroatoms. The monoisotopic (exact) mass is 378 g/mol. The van der Waals surface area contributed by atoms with Gasteiger partial charge in [-0.3, -0.25) is 4.79 Å². The minimum atomic E-state index is 0.438. The topological polar surface area (TPSA) is 17.1 Å². The van der Waals surface area contributed by atoms with Gasteiger partial charge in [0.25, 0.3) is 0 Å². The minimum absolute atomic E-state index is 0.438. The number of allylic oxidation sites excluding steroid dienone is 2. The first-order chi connectivity index (χ1) is 12.8. The Bertz CT molecular complexity index is 380. The largest absolute Gasteiger partial charge is 0.300 e. The zero-order valence-corrected chi connectivity index (χ0v) is 19.6. The SMILES string of the molecule is CCCCC(=O)CC/C=C(\C)CCCC(C)CCCC(C)CCCC(C)C. The summed E-state index contributed by atoms with van der Waals surface area (Å²) in [6, 6.07) is 0. The first-order valence-electron chi connectivity index (χ1n) is 12.0. The highest BCUT2D eigenvalue weighted by atomic mass is 16.1. The third-order valence-electron chi connectivity index (χ3n) is 5.87. The molecule has 0 bridgehead atoms. The second-order valence-electron chi connectivity index (χ2n) is 9.59. The van der Waals surface area contributed by atoms with Gasteiger partial charge >= 0.3 is 0 Å². The summed E-state index contributed by atoms with van der Waals surface area (Å²) in [5.41, 5.74) is 1.48. The third-order valence-corrected chi connectivity index (χ3v) is 5.87. The molecule has 0 aliphatic heterocycles. The lowest BCUT2D eigenvalue weighted by molar-refractivity contribution is -0.119. The summed E-state index contributed by atoms with van der Waals surface area (Å²) in [6.45, 7) is 13.9. The van der Waals surface area contributed by atoms with E-state index in [-0.39, 0.29) is 0 Å². The van der Waals surface area contributed by atoms with E-state index in [1.54, 1.807) is 0 Å². The van der Waals surface area contributed by atoms with Crippen molar-refractivity contribution in [1.82, 2.24) is 0 Å². The maximum absolute atomic E-state index is 11.7.